The number of benzene rings is 3. The molecule has 0 unspecified atom stereocenters. The summed E-state index contributed by atoms with van der Waals surface area (Å²) in [6.07, 6.45) is 0.827. The van der Waals surface area contributed by atoms with Gasteiger partial charge in [-0.1, -0.05) is 61.5 Å². The first-order chi connectivity index (χ1) is 14.9. The molecule has 0 atom stereocenters. The van der Waals surface area contributed by atoms with Gasteiger partial charge in [0.15, 0.2) is 0 Å². The molecule has 0 aliphatic rings. The molecule has 3 nitrogen and oxygen atoms in total. The number of ether oxygens (including phenoxy) is 1. The molecular weight excluding hydrogens is 346 g/mol. The van der Waals surface area contributed by atoms with Crippen molar-refractivity contribution in [3.63, 3.8) is 0 Å². The average Bonchev–Trinajstić information content (AvgIpc) is 2.76. The second kappa shape index (κ2) is 9.77. The number of nitrogens with one attached hydrogen (secondary N) is 1. The first-order valence-corrected chi connectivity index (χ1v) is 9.43. The lowest BCUT2D eigenvalue weighted by Gasteiger charge is -2.17. The van der Waals surface area contributed by atoms with E-state index in [-0.39, 0.29) is 18.9 Å². The van der Waals surface area contributed by atoms with Crippen molar-refractivity contribution in [1.82, 2.24) is 5.32 Å². The molecular formula is C25H27NO2. The van der Waals surface area contributed by atoms with E-state index in [0.717, 1.165) is 28.7 Å². The summed E-state index contributed by atoms with van der Waals surface area (Å²) >= 11 is 0. The number of aromatic hydroxyl groups is 1. The Bertz CT molecular complexity index is 996. The summed E-state index contributed by atoms with van der Waals surface area (Å²) in [7, 11) is 0. The Hall–Kier alpha value is -3.04. The molecule has 0 amide bonds. The molecule has 144 valence electrons. The zero-order valence-corrected chi connectivity index (χ0v) is 16.0. The molecule has 3 aromatic carbocycles. The zero-order valence-electron chi connectivity index (χ0n) is 19.0. The van der Waals surface area contributed by atoms with Crippen molar-refractivity contribution in [1.29, 1.82) is 0 Å². The standard InChI is InChI=1S/C25H27NO2/c1-3-24(19-9-13-22(27)14-10-19)25(20-7-5-4-6-8-20)21-11-15-23(16-12-21)28-18-17-26-2/h4-16,26-27H,3,17-18H2,1-2H3/b25-24-/i2D3. The number of hydrogen-bond donors (Lipinski definition) is 2. The molecule has 3 rings (SSSR count). The molecule has 28 heavy (non-hydrogen) atoms. The maximum atomic E-state index is 9.68. The summed E-state index contributed by atoms with van der Waals surface area (Å²) in [4.78, 5) is 0. The van der Waals surface area contributed by atoms with Crippen LogP contribution in [0, 0.1) is 0 Å². The normalized spacial score (nSPS) is 13.8. The van der Waals surface area contributed by atoms with Gasteiger partial charge in [0.05, 0.1) is 0 Å². The highest BCUT2D eigenvalue weighted by Crippen LogP contribution is 2.35. The summed E-state index contributed by atoms with van der Waals surface area (Å²) in [6, 6.07) is 25.4. The van der Waals surface area contributed by atoms with Gasteiger partial charge >= 0.3 is 0 Å². The first kappa shape index (κ1) is 16.0. The van der Waals surface area contributed by atoms with Crippen LogP contribution in [0.5, 0.6) is 11.5 Å². The van der Waals surface area contributed by atoms with Crippen LogP contribution < -0.4 is 10.1 Å². The fourth-order valence-corrected chi connectivity index (χ4v) is 3.25. The second-order valence-corrected chi connectivity index (χ2v) is 6.42. The molecule has 0 saturated heterocycles. The molecule has 0 aromatic heterocycles. The van der Waals surface area contributed by atoms with Gasteiger partial charge in [-0.15, -0.1) is 0 Å². The van der Waals surface area contributed by atoms with E-state index in [0.29, 0.717) is 5.75 Å². The molecule has 0 bridgehead atoms. The van der Waals surface area contributed by atoms with Gasteiger partial charge in [-0.2, -0.15) is 0 Å². The van der Waals surface area contributed by atoms with E-state index in [1.807, 2.05) is 54.6 Å². The van der Waals surface area contributed by atoms with E-state index >= 15 is 0 Å². The highest BCUT2D eigenvalue weighted by molar-refractivity contribution is 5.98. The number of phenols is 1. The fraction of sp³-hybridized carbons (Fsp3) is 0.200. The minimum absolute atomic E-state index is 0.244. The van der Waals surface area contributed by atoms with Crippen molar-refractivity contribution < 1.29 is 14.0 Å². The summed E-state index contributed by atoms with van der Waals surface area (Å²) in [5, 5.41) is 12.1. The molecule has 0 heterocycles. The third-order valence-corrected chi connectivity index (χ3v) is 4.57. The Morgan fingerprint density at radius 3 is 2.18 bits per heavy atom. The van der Waals surface area contributed by atoms with Gasteiger partial charge < -0.3 is 15.2 Å². The third-order valence-electron chi connectivity index (χ3n) is 4.57. The summed E-state index contributed by atoms with van der Waals surface area (Å²) in [6.45, 7) is 0.481. The van der Waals surface area contributed by atoms with E-state index in [1.54, 1.807) is 12.1 Å². The lowest BCUT2D eigenvalue weighted by molar-refractivity contribution is 0.318. The SMILES string of the molecule is [2H]C([2H])([2H])NCCOc1ccc(/C(=C(/CC)c2ccc(O)cc2)c2ccccc2)cc1. The van der Waals surface area contributed by atoms with Gasteiger partial charge in [0.1, 0.15) is 18.1 Å². The summed E-state index contributed by atoms with van der Waals surface area (Å²) in [5.74, 6) is 0.932. The Labute approximate surface area is 171 Å². The van der Waals surface area contributed by atoms with Gasteiger partial charge in [0.2, 0.25) is 0 Å². The number of hydrogen-bond acceptors (Lipinski definition) is 3. The number of allylic oxidation sites excluding steroid dienone is 1. The van der Waals surface area contributed by atoms with E-state index < -0.39 is 6.98 Å². The van der Waals surface area contributed by atoms with Crippen LogP contribution in [0.1, 0.15) is 34.1 Å². The quantitative estimate of drug-likeness (QED) is 0.411. The Balaban J connectivity index is 1.91. The zero-order chi connectivity index (χ0) is 22.3. The van der Waals surface area contributed by atoms with E-state index in [1.165, 1.54) is 5.57 Å². The Kier molecular flexibility index (Phi) is 5.57. The van der Waals surface area contributed by atoms with Crippen molar-refractivity contribution in [2.45, 2.75) is 13.3 Å². The predicted octanol–water partition coefficient (Wildman–Crippen LogP) is 5.36. The van der Waals surface area contributed by atoms with Gasteiger partial charge in [0.25, 0.3) is 0 Å². The molecule has 2 N–H and O–H groups in total. The fourth-order valence-electron chi connectivity index (χ4n) is 3.25. The second-order valence-electron chi connectivity index (χ2n) is 6.42. The van der Waals surface area contributed by atoms with Crippen LogP contribution >= 0.6 is 0 Å². The maximum absolute atomic E-state index is 9.68. The van der Waals surface area contributed by atoms with Crippen molar-refractivity contribution in [3.05, 3.63) is 95.6 Å². The monoisotopic (exact) mass is 376 g/mol. The molecule has 0 radical (unpaired) electrons. The highest BCUT2D eigenvalue weighted by Gasteiger charge is 2.13. The number of phenolic OH excluding ortho intramolecular Hbond substituents is 1. The third kappa shape index (κ3) is 4.81. The molecule has 0 fully saturated rings. The van der Waals surface area contributed by atoms with Gasteiger partial charge in [-0.05, 0) is 65.5 Å². The average molecular weight is 377 g/mol. The minimum atomic E-state index is -2.16. The largest absolute Gasteiger partial charge is 0.508 e. The molecule has 0 spiro atoms. The van der Waals surface area contributed by atoms with Crippen LogP contribution in [0.2, 0.25) is 0 Å². The van der Waals surface area contributed by atoms with Crippen molar-refractivity contribution in [2.75, 3.05) is 20.1 Å². The van der Waals surface area contributed by atoms with E-state index in [4.69, 9.17) is 8.85 Å². The molecule has 3 heteroatoms. The first-order valence-electron chi connectivity index (χ1n) is 10.9. The molecule has 0 aliphatic heterocycles. The number of likely N-dealkylation sites (N-methyl/N-ethyl adjacent to an activating group) is 1. The van der Waals surface area contributed by atoms with Crippen LogP contribution in [0.15, 0.2) is 78.9 Å². The van der Waals surface area contributed by atoms with Crippen LogP contribution in [-0.4, -0.2) is 25.2 Å². The Morgan fingerprint density at radius 2 is 1.54 bits per heavy atom. The maximum Gasteiger partial charge on any atom is 0.119 e. The van der Waals surface area contributed by atoms with Crippen molar-refractivity contribution in [2.24, 2.45) is 0 Å². The van der Waals surface area contributed by atoms with Crippen molar-refractivity contribution >= 4 is 11.1 Å². The summed E-state index contributed by atoms with van der Waals surface area (Å²) in [5.41, 5.74) is 5.55. The minimum Gasteiger partial charge on any atom is -0.508 e. The van der Waals surface area contributed by atoms with E-state index in [2.05, 4.69) is 24.4 Å². The van der Waals surface area contributed by atoms with Crippen LogP contribution in [0.4, 0.5) is 0 Å². The predicted molar refractivity (Wildman–Crippen MR) is 117 cm³/mol. The van der Waals surface area contributed by atoms with Crippen molar-refractivity contribution in [3.8, 4) is 11.5 Å². The Morgan fingerprint density at radius 1 is 0.893 bits per heavy atom. The highest BCUT2D eigenvalue weighted by atomic mass is 16.5. The smallest absolute Gasteiger partial charge is 0.119 e. The van der Waals surface area contributed by atoms with Gasteiger partial charge in [-0.25, -0.2) is 0 Å². The van der Waals surface area contributed by atoms with Crippen LogP contribution in [0.25, 0.3) is 11.1 Å². The topological polar surface area (TPSA) is 41.5 Å². The molecule has 3 aromatic rings. The van der Waals surface area contributed by atoms with Crippen LogP contribution in [0.3, 0.4) is 0 Å². The summed E-state index contributed by atoms with van der Waals surface area (Å²) < 4.78 is 27.2. The lowest BCUT2D eigenvalue weighted by atomic mass is 9.88. The molecule has 0 saturated carbocycles. The number of rotatable bonds is 8. The molecule has 0 aliphatic carbocycles. The van der Waals surface area contributed by atoms with E-state index in [9.17, 15) is 5.11 Å². The van der Waals surface area contributed by atoms with Crippen LogP contribution in [-0.2, 0) is 0 Å². The van der Waals surface area contributed by atoms with Gasteiger partial charge in [0, 0.05) is 10.7 Å². The lowest BCUT2D eigenvalue weighted by Crippen LogP contribution is -2.15. The van der Waals surface area contributed by atoms with Gasteiger partial charge in [-0.3, -0.25) is 0 Å².